The molecule has 1 atom stereocenters. The van der Waals surface area contributed by atoms with E-state index in [-0.39, 0.29) is 6.04 Å². The van der Waals surface area contributed by atoms with Crippen molar-refractivity contribution in [1.29, 1.82) is 5.26 Å². The molecule has 1 aromatic rings. The highest BCUT2D eigenvalue weighted by Crippen LogP contribution is 2.33. The molecule has 1 aromatic carbocycles. The van der Waals surface area contributed by atoms with Crippen molar-refractivity contribution < 1.29 is 4.74 Å². The smallest absolute Gasteiger partial charge is 0.141 e. The Kier molecular flexibility index (Phi) is 6.13. The van der Waals surface area contributed by atoms with Crippen LogP contribution in [0.2, 0.25) is 10.0 Å². The lowest BCUT2D eigenvalue weighted by atomic mass is 9.92. The summed E-state index contributed by atoms with van der Waals surface area (Å²) in [4.78, 5) is 0. The van der Waals surface area contributed by atoms with Gasteiger partial charge in [0.05, 0.1) is 23.1 Å². The van der Waals surface area contributed by atoms with Crippen LogP contribution in [-0.4, -0.2) is 12.6 Å². The number of nitrogens with zero attached hydrogens (tertiary/aromatic N) is 1. The number of nitriles is 1. The van der Waals surface area contributed by atoms with Gasteiger partial charge in [-0.1, -0.05) is 23.2 Å². The van der Waals surface area contributed by atoms with Gasteiger partial charge in [0.15, 0.2) is 0 Å². The van der Waals surface area contributed by atoms with Crippen LogP contribution in [0, 0.1) is 16.7 Å². The Labute approximate surface area is 130 Å². The number of nitrogens with two attached hydrogens (primary N) is 1. The molecule has 0 aliphatic carbocycles. The van der Waals surface area contributed by atoms with Crippen molar-refractivity contribution in [3.05, 3.63) is 27.7 Å². The molecule has 2 N–H and O–H groups in total. The number of rotatable bonds is 6. The quantitative estimate of drug-likeness (QED) is 0.856. The zero-order chi connectivity index (χ0) is 15.3. The Bertz CT molecular complexity index is 507. The highest BCUT2D eigenvalue weighted by Gasteiger charge is 2.18. The lowest BCUT2D eigenvalue weighted by molar-refractivity contribution is 0.262. The Morgan fingerprint density at radius 2 is 2.05 bits per heavy atom. The summed E-state index contributed by atoms with van der Waals surface area (Å²) in [6, 6.07) is 5.70. The summed E-state index contributed by atoms with van der Waals surface area (Å²) in [5, 5.41) is 10.0. The zero-order valence-corrected chi connectivity index (χ0v) is 13.6. The van der Waals surface area contributed by atoms with Crippen molar-refractivity contribution in [3.63, 3.8) is 0 Å². The van der Waals surface area contributed by atoms with E-state index in [1.165, 1.54) is 0 Å². The van der Waals surface area contributed by atoms with Crippen LogP contribution >= 0.6 is 23.2 Å². The second-order valence-electron chi connectivity index (χ2n) is 5.65. The maximum Gasteiger partial charge on any atom is 0.141 e. The van der Waals surface area contributed by atoms with E-state index in [2.05, 4.69) is 6.07 Å². The van der Waals surface area contributed by atoms with E-state index in [1.54, 1.807) is 6.07 Å². The van der Waals surface area contributed by atoms with Crippen LogP contribution in [0.3, 0.4) is 0 Å². The van der Waals surface area contributed by atoms with E-state index < -0.39 is 5.41 Å². The van der Waals surface area contributed by atoms with E-state index in [9.17, 15) is 0 Å². The molecule has 0 fully saturated rings. The Hall–Kier alpha value is -0.950. The van der Waals surface area contributed by atoms with Crippen LogP contribution in [0.1, 0.15) is 32.8 Å². The molecule has 5 heteroatoms. The van der Waals surface area contributed by atoms with Crippen molar-refractivity contribution in [1.82, 2.24) is 0 Å². The largest absolute Gasteiger partial charge is 0.492 e. The molecule has 0 bridgehead atoms. The van der Waals surface area contributed by atoms with Crippen LogP contribution in [0.15, 0.2) is 12.1 Å². The average molecular weight is 315 g/mol. The van der Waals surface area contributed by atoms with Gasteiger partial charge in [0, 0.05) is 11.1 Å². The second kappa shape index (κ2) is 7.17. The first-order valence-corrected chi connectivity index (χ1v) is 7.28. The molecule has 0 aliphatic heterocycles. The van der Waals surface area contributed by atoms with Gasteiger partial charge in [0.25, 0.3) is 0 Å². The van der Waals surface area contributed by atoms with E-state index in [0.29, 0.717) is 35.2 Å². The Morgan fingerprint density at radius 3 is 2.60 bits per heavy atom. The number of hydrogen-bond acceptors (Lipinski definition) is 3. The normalized spacial score (nSPS) is 12.8. The lowest BCUT2D eigenvalue weighted by Gasteiger charge is -2.18. The van der Waals surface area contributed by atoms with Gasteiger partial charge in [-0.2, -0.15) is 5.26 Å². The summed E-state index contributed by atoms with van der Waals surface area (Å²) in [6.07, 6.45) is 1.26. The minimum absolute atomic E-state index is 0.0116. The van der Waals surface area contributed by atoms with Crippen molar-refractivity contribution in [2.45, 2.75) is 39.7 Å². The number of halogens is 2. The molecule has 20 heavy (non-hydrogen) atoms. The molecule has 1 unspecified atom stereocenters. The fraction of sp³-hybridized carbons (Fsp3) is 0.533. The van der Waals surface area contributed by atoms with Crippen LogP contribution in [-0.2, 0) is 6.42 Å². The third-order valence-corrected chi connectivity index (χ3v) is 3.40. The summed E-state index contributed by atoms with van der Waals surface area (Å²) in [5.41, 5.74) is 6.31. The van der Waals surface area contributed by atoms with Crippen LogP contribution in [0.4, 0.5) is 0 Å². The SMILES string of the molecule is CC(N)Cc1cc(Cl)cc(Cl)c1OCCC(C)(C)C#N. The average Bonchev–Trinajstić information content (AvgIpc) is 2.31. The number of ether oxygens (including phenoxy) is 1. The third-order valence-electron chi connectivity index (χ3n) is 2.90. The highest BCUT2D eigenvalue weighted by atomic mass is 35.5. The van der Waals surface area contributed by atoms with Crippen molar-refractivity contribution >= 4 is 23.2 Å². The van der Waals surface area contributed by atoms with Gasteiger partial charge < -0.3 is 10.5 Å². The molecule has 0 radical (unpaired) electrons. The van der Waals surface area contributed by atoms with E-state index in [1.807, 2.05) is 26.8 Å². The van der Waals surface area contributed by atoms with Gasteiger partial charge in [-0.25, -0.2) is 0 Å². The minimum Gasteiger partial charge on any atom is -0.492 e. The Morgan fingerprint density at radius 1 is 1.40 bits per heavy atom. The molecular weight excluding hydrogens is 295 g/mol. The van der Waals surface area contributed by atoms with E-state index in [0.717, 1.165) is 5.56 Å². The first-order valence-electron chi connectivity index (χ1n) is 6.53. The fourth-order valence-corrected chi connectivity index (χ4v) is 2.33. The topological polar surface area (TPSA) is 59.0 Å². The predicted molar refractivity (Wildman–Crippen MR) is 83.3 cm³/mol. The van der Waals surface area contributed by atoms with Crippen molar-refractivity contribution in [3.8, 4) is 11.8 Å². The Balaban J connectivity index is 2.86. The molecule has 0 saturated heterocycles. The summed E-state index contributed by atoms with van der Waals surface area (Å²) in [5.74, 6) is 0.613. The monoisotopic (exact) mass is 314 g/mol. The van der Waals surface area contributed by atoms with Gasteiger partial charge >= 0.3 is 0 Å². The molecule has 3 nitrogen and oxygen atoms in total. The van der Waals surface area contributed by atoms with Crippen molar-refractivity contribution in [2.75, 3.05) is 6.61 Å². The maximum atomic E-state index is 8.99. The van der Waals surface area contributed by atoms with Crippen molar-refractivity contribution in [2.24, 2.45) is 11.1 Å². The molecule has 0 heterocycles. The first kappa shape index (κ1) is 17.1. The first-order chi connectivity index (χ1) is 9.25. The van der Waals surface area contributed by atoms with Gasteiger partial charge in [-0.05, 0) is 51.3 Å². The standard InChI is InChI=1S/C15H20Cl2N2O/c1-10(19)6-11-7-12(16)8-13(17)14(11)20-5-4-15(2,3)9-18/h7-8,10H,4-6,19H2,1-3H3. The fourth-order valence-electron chi connectivity index (χ4n) is 1.74. The summed E-state index contributed by atoms with van der Waals surface area (Å²) in [6.45, 7) is 6.09. The third kappa shape index (κ3) is 5.20. The second-order valence-corrected chi connectivity index (χ2v) is 6.50. The van der Waals surface area contributed by atoms with E-state index >= 15 is 0 Å². The molecule has 0 aliphatic rings. The maximum absolute atomic E-state index is 8.99. The molecule has 0 spiro atoms. The van der Waals surface area contributed by atoms with Crippen LogP contribution < -0.4 is 10.5 Å². The molecule has 0 amide bonds. The van der Waals surface area contributed by atoms with Gasteiger partial charge in [-0.3, -0.25) is 0 Å². The number of hydrogen-bond donors (Lipinski definition) is 1. The van der Waals surface area contributed by atoms with Gasteiger partial charge in [-0.15, -0.1) is 0 Å². The van der Waals surface area contributed by atoms with Crippen LogP contribution in [0.25, 0.3) is 0 Å². The summed E-state index contributed by atoms with van der Waals surface area (Å²) in [7, 11) is 0. The minimum atomic E-state index is -0.416. The van der Waals surface area contributed by atoms with E-state index in [4.69, 9.17) is 38.9 Å². The predicted octanol–water partition coefficient (Wildman–Crippen LogP) is 4.20. The summed E-state index contributed by atoms with van der Waals surface area (Å²) >= 11 is 12.2. The number of benzene rings is 1. The molecule has 110 valence electrons. The molecule has 1 rings (SSSR count). The van der Waals surface area contributed by atoms with Gasteiger partial charge in [0.1, 0.15) is 5.75 Å². The zero-order valence-electron chi connectivity index (χ0n) is 12.0. The highest BCUT2D eigenvalue weighted by molar-refractivity contribution is 6.35. The van der Waals surface area contributed by atoms with Crippen LogP contribution in [0.5, 0.6) is 5.75 Å². The summed E-state index contributed by atoms with van der Waals surface area (Å²) < 4.78 is 5.76. The molecule has 0 aromatic heterocycles. The molecule has 0 saturated carbocycles. The van der Waals surface area contributed by atoms with Gasteiger partial charge in [0.2, 0.25) is 0 Å². The molecular formula is C15H20Cl2N2O. The lowest BCUT2D eigenvalue weighted by Crippen LogP contribution is -2.19.